The summed E-state index contributed by atoms with van der Waals surface area (Å²) in [6.45, 7) is 3.81. The average molecular weight is 186 g/mol. The summed E-state index contributed by atoms with van der Waals surface area (Å²) in [7, 11) is 0. The van der Waals surface area contributed by atoms with Gasteiger partial charge in [0.05, 0.1) is 0 Å². The molecule has 0 spiro atoms. The number of rotatable bonds is 1. The minimum atomic E-state index is -1.43. The van der Waals surface area contributed by atoms with Gasteiger partial charge in [0.15, 0.2) is 0 Å². The molecule has 2 nitrogen and oxygen atoms in total. The highest BCUT2D eigenvalue weighted by Gasteiger charge is 2.31. The molecule has 0 amide bonds. The zero-order chi connectivity index (χ0) is 10.1. The Balaban J connectivity index is 3.00. The fraction of sp³-hybridized carbons (Fsp3) is 0.700. The Labute approximate surface area is 77.4 Å². The van der Waals surface area contributed by atoms with Gasteiger partial charge in [-0.1, -0.05) is 20.3 Å². The molecule has 0 aromatic rings. The van der Waals surface area contributed by atoms with E-state index in [0.29, 0.717) is 12.0 Å². The van der Waals surface area contributed by atoms with E-state index in [-0.39, 0.29) is 5.41 Å². The second kappa shape index (κ2) is 3.48. The second-order valence-electron chi connectivity index (χ2n) is 4.19. The maximum atomic E-state index is 13.2. The molecule has 1 fully saturated rings. The summed E-state index contributed by atoms with van der Waals surface area (Å²) in [5, 5.41) is 8.53. The highest BCUT2D eigenvalue weighted by atomic mass is 19.1. The fourth-order valence-electron chi connectivity index (χ4n) is 1.89. The monoisotopic (exact) mass is 186 g/mol. The molecular weight excluding hydrogens is 171 g/mol. The molecule has 1 aliphatic carbocycles. The van der Waals surface area contributed by atoms with E-state index < -0.39 is 11.8 Å². The lowest BCUT2D eigenvalue weighted by Gasteiger charge is -2.32. The molecule has 0 saturated heterocycles. The number of carboxylic acid groups (broad SMARTS) is 1. The minimum absolute atomic E-state index is 0.277. The molecule has 1 rings (SSSR count). The van der Waals surface area contributed by atoms with E-state index in [0.717, 1.165) is 19.3 Å². The lowest BCUT2D eigenvalue weighted by Crippen LogP contribution is -2.22. The van der Waals surface area contributed by atoms with Gasteiger partial charge in [0.25, 0.3) is 0 Å². The zero-order valence-corrected chi connectivity index (χ0v) is 8.06. The Hall–Kier alpha value is -0.860. The van der Waals surface area contributed by atoms with Crippen molar-refractivity contribution in [2.75, 3.05) is 0 Å². The van der Waals surface area contributed by atoms with Gasteiger partial charge in [-0.25, -0.2) is 4.79 Å². The standard InChI is InChI=1S/C10H15FO2/c1-10(2)6-4-3-5-7(10)8(11)9(12)13/h3-6H2,1-2H3,(H,12,13). The van der Waals surface area contributed by atoms with Crippen LogP contribution in [0.2, 0.25) is 0 Å². The van der Waals surface area contributed by atoms with Crippen molar-refractivity contribution in [2.45, 2.75) is 39.5 Å². The van der Waals surface area contributed by atoms with Crippen molar-refractivity contribution in [3.8, 4) is 0 Å². The molecule has 1 N–H and O–H groups in total. The smallest absolute Gasteiger partial charge is 0.364 e. The molecule has 0 atom stereocenters. The van der Waals surface area contributed by atoms with E-state index in [1.807, 2.05) is 13.8 Å². The first-order valence-corrected chi connectivity index (χ1v) is 4.57. The lowest BCUT2D eigenvalue weighted by molar-refractivity contribution is -0.134. The molecule has 0 aromatic carbocycles. The van der Waals surface area contributed by atoms with Crippen LogP contribution in [0.4, 0.5) is 4.39 Å². The SMILES string of the molecule is CC1(C)CCCCC1=C(F)C(=O)O. The second-order valence-corrected chi connectivity index (χ2v) is 4.19. The van der Waals surface area contributed by atoms with Crippen molar-refractivity contribution in [1.29, 1.82) is 0 Å². The van der Waals surface area contributed by atoms with E-state index in [2.05, 4.69) is 0 Å². The van der Waals surface area contributed by atoms with E-state index in [4.69, 9.17) is 5.11 Å². The van der Waals surface area contributed by atoms with Gasteiger partial charge in [-0.15, -0.1) is 0 Å². The van der Waals surface area contributed by atoms with Crippen LogP contribution in [0.5, 0.6) is 0 Å². The molecular formula is C10H15FO2. The van der Waals surface area contributed by atoms with Gasteiger partial charge in [-0.05, 0) is 30.3 Å². The third-order valence-electron chi connectivity index (χ3n) is 2.75. The van der Waals surface area contributed by atoms with Gasteiger partial charge in [0.2, 0.25) is 5.83 Å². The highest BCUT2D eigenvalue weighted by molar-refractivity contribution is 5.85. The number of carboxylic acids is 1. The number of halogens is 1. The predicted molar refractivity (Wildman–Crippen MR) is 48.0 cm³/mol. The maximum absolute atomic E-state index is 13.2. The van der Waals surface area contributed by atoms with Gasteiger partial charge in [0.1, 0.15) is 0 Å². The summed E-state index contributed by atoms with van der Waals surface area (Å²) in [5.41, 5.74) is 0.201. The van der Waals surface area contributed by atoms with Crippen LogP contribution in [0.3, 0.4) is 0 Å². The first-order valence-electron chi connectivity index (χ1n) is 4.57. The predicted octanol–water partition coefficient (Wildman–Crippen LogP) is 2.89. The van der Waals surface area contributed by atoms with Crippen molar-refractivity contribution in [3.63, 3.8) is 0 Å². The van der Waals surface area contributed by atoms with Crippen LogP contribution >= 0.6 is 0 Å². The molecule has 1 saturated carbocycles. The summed E-state index contributed by atoms with van der Waals surface area (Å²) in [6, 6.07) is 0. The van der Waals surface area contributed by atoms with Crippen molar-refractivity contribution < 1.29 is 14.3 Å². The molecule has 0 aromatic heterocycles. The number of hydrogen-bond acceptors (Lipinski definition) is 1. The van der Waals surface area contributed by atoms with Crippen LogP contribution in [-0.4, -0.2) is 11.1 Å². The Morgan fingerprint density at radius 2 is 2.08 bits per heavy atom. The quantitative estimate of drug-likeness (QED) is 0.639. The summed E-state index contributed by atoms with van der Waals surface area (Å²) < 4.78 is 13.2. The van der Waals surface area contributed by atoms with Gasteiger partial charge < -0.3 is 5.11 Å². The van der Waals surface area contributed by atoms with Crippen LogP contribution in [0.25, 0.3) is 0 Å². The van der Waals surface area contributed by atoms with E-state index in [1.165, 1.54) is 0 Å². The Kier molecular flexibility index (Phi) is 2.74. The van der Waals surface area contributed by atoms with Crippen LogP contribution < -0.4 is 0 Å². The van der Waals surface area contributed by atoms with Gasteiger partial charge >= 0.3 is 5.97 Å². The van der Waals surface area contributed by atoms with Gasteiger partial charge in [0, 0.05) is 0 Å². The topological polar surface area (TPSA) is 37.3 Å². The Bertz CT molecular complexity index is 254. The third kappa shape index (κ3) is 2.08. The molecule has 0 aliphatic heterocycles. The fourth-order valence-corrected chi connectivity index (χ4v) is 1.89. The Morgan fingerprint density at radius 1 is 1.46 bits per heavy atom. The third-order valence-corrected chi connectivity index (χ3v) is 2.75. The van der Waals surface area contributed by atoms with Crippen molar-refractivity contribution in [1.82, 2.24) is 0 Å². The number of aliphatic carboxylic acids is 1. The number of carbonyl (C=O) groups is 1. The van der Waals surface area contributed by atoms with Crippen molar-refractivity contribution in [2.24, 2.45) is 5.41 Å². The molecule has 13 heavy (non-hydrogen) atoms. The largest absolute Gasteiger partial charge is 0.476 e. The summed E-state index contributed by atoms with van der Waals surface area (Å²) >= 11 is 0. The first-order chi connectivity index (χ1) is 5.95. The van der Waals surface area contributed by atoms with E-state index in [1.54, 1.807) is 0 Å². The number of hydrogen-bond donors (Lipinski definition) is 1. The van der Waals surface area contributed by atoms with Crippen LogP contribution in [0.15, 0.2) is 11.4 Å². The van der Waals surface area contributed by atoms with Crippen LogP contribution in [0, 0.1) is 5.41 Å². The molecule has 74 valence electrons. The van der Waals surface area contributed by atoms with Crippen LogP contribution in [-0.2, 0) is 4.79 Å². The summed E-state index contributed by atoms with van der Waals surface area (Å²) in [6.07, 6.45) is 3.43. The van der Waals surface area contributed by atoms with E-state index in [9.17, 15) is 9.18 Å². The van der Waals surface area contributed by atoms with Gasteiger partial charge in [-0.2, -0.15) is 4.39 Å². The molecule has 0 heterocycles. The van der Waals surface area contributed by atoms with Gasteiger partial charge in [-0.3, -0.25) is 0 Å². The lowest BCUT2D eigenvalue weighted by atomic mass is 9.73. The average Bonchev–Trinajstić information content (AvgIpc) is 2.02. The molecule has 0 radical (unpaired) electrons. The molecule has 0 bridgehead atoms. The molecule has 3 heteroatoms. The van der Waals surface area contributed by atoms with E-state index >= 15 is 0 Å². The Morgan fingerprint density at radius 3 is 2.54 bits per heavy atom. The van der Waals surface area contributed by atoms with Crippen molar-refractivity contribution >= 4 is 5.97 Å². The van der Waals surface area contributed by atoms with Crippen molar-refractivity contribution in [3.05, 3.63) is 11.4 Å². The molecule has 0 unspecified atom stereocenters. The number of allylic oxidation sites excluding steroid dienone is 1. The highest BCUT2D eigenvalue weighted by Crippen LogP contribution is 2.41. The summed E-state index contributed by atoms with van der Waals surface area (Å²) in [4.78, 5) is 10.5. The first kappa shape index (κ1) is 10.2. The summed E-state index contributed by atoms with van der Waals surface area (Å²) in [5.74, 6) is -2.37. The zero-order valence-electron chi connectivity index (χ0n) is 8.06. The normalized spacial score (nSPS) is 25.5. The minimum Gasteiger partial charge on any atom is -0.476 e. The molecule has 1 aliphatic rings. The van der Waals surface area contributed by atoms with Crippen LogP contribution in [0.1, 0.15) is 39.5 Å². The maximum Gasteiger partial charge on any atom is 0.364 e.